The van der Waals surface area contributed by atoms with Crippen molar-refractivity contribution in [1.29, 1.82) is 0 Å². The first kappa shape index (κ1) is 30.3. The van der Waals surface area contributed by atoms with Crippen LogP contribution in [0.2, 0.25) is 0 Å². The molecule has 29 heavy (non-hydrogen) atoms. The summed E-state index contributed by atoms with van der Waals surface area (Å²) in [5.41, 5.74) is 0. The summed E-state index contributed by atoms with van der Waals surface area (Å²) < 4.78 is 36.7. The number of carbonyl (C=O) groups is 1. The van der Waals surface area contributed by atoms with E-state index in [0.29, 0.717) is 13.0 Å². The molecule has 7 heteroatoms. The fraction of sp³-hybridized carbons (Fsp3) is 0.864. The molecule has 0 aliphatic carbocycles. The van der Waals surface area contributed by atoms with Crippen LogP contribution in [0.5, 0.6) is 0 Å². The van der Waals surface area contributed by atoms with Crippen molar-refractivity contribution >= 4 is 16.4 Å². The van der Waals surface area contributed by atoms with E-state index in [0.717, 1.165) is 25.7 Å². The van der Waals surface area contributed by atoms with E-state index in [2.05, 4.69) is 26.0 Å². The third-order valence-electron chi connectivity index (χ3n) is 4.40. The summed E-state index contributed by atoms with van der Waals surface area (Å²) in [5, 5.41) is 0. The Morgan fingerprint density at radius 1 is 0.724 bits per heavy atom. The average Bonchev–Trinajstić information content (AvgIpc) is 2.64. The lowest BCUT2D eigenvalue weighted by molar-refractivity contribution is -0.143. The standard InChI is InChI=1S/C22H42O2.H2O4S/c1-3-5-7-8-9-10-11-12-13-14-15-16-17-18-19-20-22(23)24-21-6-4-2;1-5(2,3)4/h12-13H,3-11,14-21H2,1-2H3;(H2,1,2,3,4). The first-order valence-corrected chi connectivity index (χ1v) is 12.7. The van der Waals surface area contributed by atoms with Crippen LogP contribution in [0.1, 0.15) is 117 Å². The number of rotatable bonds is 18. The Morgan fingerprint density at radius 2 is 1.14 bits per heavy atom. The van der Waals surface area contributed by atoms with Gasteiger partial charge in [-0.2, -0.15) is 8.42 Å². The smallest absolute Gasteiger partial charge is 0.394 e. The summed E-state index contributed by atoms with van der Waals surface area (Å²) in [7, 11) is -4.67. The van der Waals surface area contributed by atoms with Crippen molar-refractivity contribution in [2.75, 3.05) is 6.61 Å². The lowest BCUT2D eigenvalue weighted by Crippen LogP contribution is -2.05. The zero-order chi connectivity index (χ0) is 22.2. The monoisotopic (exact) mass is 436 g/mol. The van der Waals surface area contributed by atoms with Gasteiger partial charge in [-0.1, -0.05) is 83.8 Å². The van der Waals surface area contributed by atoms with Gasteiger partial charge in [0.2, 0.25) is 0 Å². The van der Waals surface area contributed by atoms with Gasteiger partial charge in [-0.25, -0.2) is 0 Å². The molecule has 6 nitrogen and oxygen atoms in total. The molecule has 0 aromatic carbocycles. The summed E-state index contributed by atoms with van der Waals surface area (Å²) >= 11 is 0. The van der Waals surface area contributed by atoms with E-state index in [1.54, 1.807) is 0 Å². The van der Waals surface area contributed by atoms with Gasteiger partial charge in [-0.15, -0.1) is 0 Å². The van der Waals surface area contributed by atoms with Crippen LogP contribution in [0.25, 0.3) is 0 Å². The summed E-state index contributed by atoms with van der Waals surface area (Å²) in [6.45, 7) is 4.98. The van der Waals surface area contributed by atoms with Gasteiger partial charge in [0.25, 0.3) is 0 Å². The van der Waals surface area contributed by atoms with Crippen LogP contribution in [-0.4, -0.2) is 30.1 Å². The van der Waals surface area contributed by atoms with Crippen molar-refractivity contribution in [3.63, 3.8) is 0 Å². The van der Waals surface area contributed by atoms with Gasteiger partial charge in [0, 0.05) is 6.42 Å². The minimum atomic E-state index is -4.67. The van der Waals surface area contributed by atoms with E-state index < -0.39 is 10.4 Å². The quantitative estimate of drug-likeness (QED) is 0.107. The number of ether oxygens (including phenoxy) is 1. The fourth-order valence-corrected chi connectivity index (χ4v) is 2.74. The molecule has 0 aliphatic heterocycles. The average molecular weight is 437 g/mol. The molecular formula is C22H44O6S. The lowest BCUT2D eigenvalue weighted by atomic mass is 10.1. The highest BCUT2D eigenvalue weighted by atomic mass is 32.3. The third kappa shape index (κ3) is 38.3. The lowest BCUT2D eigenvalue weighted by Gasteiger charge is -2.03. The Balaban J connectivity index is 0. The summed E-state index contributed by atoms with van der Waals surface area (Å²) in [6.07, 6.45) is 24.1. The zero-order valence-electron chi connectivity index (χ0n) is 18.6. The second-order valence-electron chi connectivity index (χ2n) is 7.36. The van der Waals surface area contributed by atoms with E-state index in [9.17, 15) is 4.79 Å². The molecule has 0 aromatic heterocycles. The van der Waals surface area contributed by atoms with E-state index in [4.69, 9.17) is 22.3 Å². The van der Waals surface area contributed by atoms with Crippen molar-refractivity contribution in [2.24, 2.45) is 0 Å². The van der Waals surface area contributed by atoms with Crippen LogP contribution in [0.4, 0.5) is 0 Å². The highest BCUT2D eigenvalue weighted by Gasteiger charge is 2.01. The molecular weight excluding hydrogens is 392 g/mol. The van der Waals surface area contributed by atoms with Crippen LogP contribution in [0, 0.1) is 0 Å². The summed E-state index contributed by atoms with van der Waals surface area (Å²) in [4.78, 5) is 11.4. The second kappa shape index (κ2) is 23.4. The number of esters is 1. The number of unbranched alkanes of at least 4 members (excludes halogenated alkanes) is 12. The van der Waals surface area contributed by atoms with Crippen molar-refractivity contribution in [2.45, 2.75) is 117 Å². The molecule has 0 saturated heterocycles. The van der Waals surface area contributed by atoms with E-state index in [1.807, 2.05) is 0 Å². The Morgan fingerprint density at radius 3 is 1.62 bits per heavy atom. The Hall–Kier alpha value is -0.920. The minimum Gasteiger partial charge on any atom is -0.466 e. The Bertz CT molecular complexity index is 466. The summed E-state index contributed by atoms with van der Waals surface area (Å²) in [5.74, 6) is -0.0129. The van der Waals surface area contributed by atoms with Gasteiger partial charge in [0.15, 0.2) is 0 Å². The van der Waals surface area contributed by atoms with Gasteiger partial charge in [-0.3, -0.25) is 13.9 Å². The van der Waals surface area contributed by atoms with Crippen molar-refractivity contribution < 1.29 is 27.1 Å². The predicted octanol–water partition coefficient (Wildman–Crippen LogP) is 6.71. The van der Waals surface area contributed by atoms with Crippen LogP contribution < -0.4 is 0 Å². The van der Waals surface area contributed by atoms with Gasteiger partial charge in [-0.05, 0) is 38.5 Å². The van der Waals surface area contributed by atoms with E-state index in [1.165, 1.54) is 70.6 Å². The van der Waals surface area contributed by atoms with E-state index in [-0.39, 0.29) is 5.97 Å². The molecule has 0 atom stereocenters. The number of hydrogen-bond donors (Lipinski definition) is 2. The molecule has 0 fully saturated rings. The number of hydrogen-bond acceptors (Lipinski definition) is 4. The zero-order valence-corrected chi connectivity index (χ0v) is 19.4. The molecule has 0 heterocycles. The molecule has 0 aliphatic rings. The SMILES string of the molecule is CCCCCCCCC=CCCCCCCCC(=O)OCCCC.O=S(=O)(O)O. The molecule has 0 rings (SSSR count). The molecule has 0 saturated carbocycles. The predicted molar refractivity (Wildman–Crippen MR) is 119 cm³/mol. The van der Waals surface area contributed by atoms with Crippen LogP contribution >= 0.6 is 0 Å². The number of allylic oxidation sites excluding steroid dienone is 2. The van der Waals surface area contributed by atoms with Crippen molar-refractivity contribution in [1.82, 2.24) is 0 Å². The fourth-order valence-electron chi connectivity index (χ4n) is 2.74. The van der Waals surface area contributed by atoms with Crippen LogP contribution in [0.3, 0.4) is 0 Å². The Kier molecular flexibility index (Phi) is 24.4. The molecule has 0 unspecified atom stereocenters. The second-order valence-corrected chi connectivity index (χ2v) is 8.25. The first-order valence-electron chi connectivity index (χ1n) is 11.3. The highest BCUT2D eigenvalue weighted by Crippen LogP contribution is 2.10. The van der Waals surface area contributed by atoms with Gasteiger partial charge in [0.1, 0.15) is 0 Å². The maximum Gasteiger partial charge on any atom is 0.394 e. The molecule has 0 radical (unpaired) electrons. The third-order valence-corrected chi connectivity index (χ3v) is 4.40. The van der Waals surface area contributed by atoms with Gasteiger partial charge in [0.05, 0.1) is 6.61 Å². The highest BCUT2D eigenvalue weighted by molar-refractivity contribution is 7.79. The molecule has 0 amide bonds. The van der Waals surface area contributed by atoms with Gasteiger partial charge >= 0.3 is 16.4 Å². The maximum atomic E-state index is 11.4. The number of carbonyl (C=O) groups excluding carboxylic acids is 1. The topological polar surface area (TPSA) is 101 Å². The largest absolute Gasteiger partial charge is 0.466 e. The molecule has 2 N–H and O–H groups in total. The molecule has 0 aromatic rings. The molecule has 174 valence electrons. The molecule has 0 bridgehead atoms. The normalized spacial score (nSPS) is 11.3. The maximum absolute atomic E-state index is 11.4. The van der Waals surface area contributed by atoms with Gasteiger partial charge < -0.3 is 4.74 Å². The van der Waals surface area contributed by atoms with E-state index >= 15 is 0 Å². The molecule has 0 spiro atoms. The Labute approximate surface area is 179 Å². The minimum absolute atomic E-state index is 0.0129. The van der Waals surface area contributed by atoms with Crippen LogP contribution in [0.15, 0.2) is 12.2 Å². The van der Waals surface area contributed by atoms with Crippen molar-refractivity contribution in [3.05, 3.63) is 12.2 Å². The first-order chi connectivity index (χ1) is 13.8. The van der Waals surface area contributed by atoms with Crippen molar-refractivity contribution in [3.8, 4) is 0 Å². The summed E-state index contributed by atoms with van der Waals surface area (Å²) in [6, 6.07) is 0. The van der Waals surface area contributed by atoms with Crippen LogP contribution in [-0.2, 0) is 19.9 Å².